The molecular weight excluding hydrogens is 288 g/mol. The number of nitro benzene ring substituents is 1. The van der Waals surface area contributed by atoms with Gasteiger partial charge in [-0.1, -0.05) is 12.8 Å². The van der Waals surface area contributed by atoms with E-state index in [9.17, 15) is 10.1 Å². The Kier molecular flexibility index (Phi) is 3.70. The van der Waals surface area contributed by atoms with E-state index in [1.807, 2.05) is 6.21 Å². The van der Waals surface area contributed by atoms with Crippen molar-refractivity contribution in [1.82, 2.24) is 0 Å². The van der Waals surface area contributed by atoms with Crippen molar-refractivity contribution in [3.63, 3.8) is 0 Å². The lowest BCUT2D eigenvalue weighted by molar-refractivity contribution is -0.384. The van der Waals surface area contributed by atoms with Crippen molar-refractivity contribution >= 4 is 11.9 Å². The number of rotatable bonds is 4. The maximum absolute atomic E-state index is 10.7. The SMILES string of the molecule is O=[N+]([O-])c1ccc(C=NCC23CC4C[C@H](CC[C@@H](C4)C2)C3)cc1. The van der Waals surface area contributed by atoms with Gasteiger partial charge in [-0.15, -0.1) is 0 Å². The molecule has 5 rings (SSSR count). The van der Waals surface area contributed by atoms with Crippen LogP contribution in [0, 0.1) is 33.3 Å². The van der Waals surface area contributed by atoms with Gasteiger partial charge < -0.3 is 0 Å². The second kappa shape index (κ2) is 5.73. The molecule has 4 saturated carbocycles. The minimum atomic E-state index is -0.361. The third-order valence-electron chi connectivity index (χ3n) is 6.25. The molecule has 1 aromatic rings. The third-order valence-corrected chi connectivity index (χ3v) is 6.25. The predicted molar refractivity (Wildman–Crippen MR) is 90.8 cm³/mol. The van der Waals surface area contributed by atoms with Gasteiger partial charge in [0.25, 0.3) is 5.69 Å². The average Bonchev–Trinajstić information content (AvgIpc) is 2.73. The highest BCUT2D eigenvalue weighted by atomic mass is 16.6. The Labute approximate surface area is 137 Å². The van der Waals surface area contributed by atoms with Crippen LogP contribution in [-0.4, -0.2) is 17.7 Å². The molecule has 0 heterocycles. The number of aliphatic imine (C=N–C) groups is 1. The zero-order valence-corrected chi connectivity index (χ0v) is 13.5. The van der Waals surface area contributed by atoms with Crippen molar-refractivity contribution in [2.75, 3.05) is 6.54 Å². The topological polar surface area (TPSA) is 55.5 Å². The van der Waals surface area contributed by atoms with Gasteiger partial charge in [-0.05, 0) is 73.0 Å². The first kappa shape index (κ1) is 14.9. The molecule has 4 nitrogen and oxygen atoms in total. The highest BCUT2D eigenvalue weighted by Gasteiger charge is 2.48. The van der Waals surface area contributed by atoms with Crippen LogP contribution in [0.2, 0.25) is 0 Å². The first-order chi connectivity index (χ1) is 11.1. The summed E-state index contributed by atoms with van der Waals surface area (Å²) in [6, 6.07) is 6.68. The Bertz CT molecular complexity index is 607. The molecule has 0 radical (unpaired) electrons. The van der Waals surface area contributed by atoms with E-state index in [4.69, 9.17) is 4.99 Å². The van der Waals surface area contributed by atoms with Crippen LogP contribution in [0.4, 0.5) is 5.69 Å². The van der Waals surface area contributed by atoms with E-state index in [2.05, 4.69) is 0 Å². The van der Waals surface area contributed by atoms with Crippen LogP contribution in [-0.2, 0) is 0 Å². The lowest BCUT2D eigenvalue weighted by Crippen LogP contribution is -2.39. The van der Waals surface area contributed by atoms with Crippen molar-refractivity contribution in [1.29, 1.82) is 0 Å². The lowest BCUT2D eigenvalue weighted by Gasteiger charge is -2.47. The molecule has 2 atom stereocenters. The first-order valence-corrected chi connectivity index (χ1v) is 8.86. The Morgan fingerprint density at radius 1 is 1.09 bits per heavy atom. The summed E-state index contributed by atoms with van der Waals surface area (Å²) in [5.74, 6) is 2.83. The fourth-order valence-electron chi connectivity index (χ4n) is 5.59. The van der Waals surface area contributed by atoms with Gasteiger partial charge in [0.15, 0.2) is 0 Å². The monoisotopic (exact) mass is 312 g/mol. The maximum Gasteiger partial charge on any atom is 0.269 e. The molecule has 0 aromatic heterocycles. The third kappa shape index (κ3) is 3.04. The first-order valence-electron chi connectivity index (χ1n) is 8.86. The van der Waals surface area contributed by atoms with Crippen LogP contribution in [0.5, 0.6) is 0 Å². The number of nitrogens with zero attached hydrogens (tertiary/aromatic N) is 2. The number of hydrogen-bond acceptors (Lipinski definition) is 3. The zero-order chi connectivity index (χ0) is 15.9. The van der Waals surface area contributed by atoms with E-state index in [-0.39, 0.29) is 10.6 Å². The molecule has 0 N–H and O–H groups in total. The highest BCUT2D eigenvalue weighted by molar-refractivity contribution is 5.79. The van der Waals surface area contributed by atoms with Crippen LogP contribution in [0.15, 0.2) is 29.3 Å². The van der Waals surface area contributed by atoms with Crippen LogP contribution >= 0.6 is 0 Å². The number of nitro groups is 1. The molecule has 4 aliphatic rings. The summed E-state index contributed by atoms with van der Waals surface area (Å²) in [4.78, 5) is 15.1. The van der Waals surface area contributed by atoms with E-state index >= 15 is 0 Å². The van der Waals surface area contributed by atoms with Gasteiger partial charge in [0.1, 0.15) is 0 Å². The second-order valence-electron chi connectivity index (χ2n) is 8.08. The number of benzene rings is 1. The van der Waals surface area contributed by atoms with E-state index in [0.29, 0.717) is 5.41 Å². The summed E-state index contributed by atoms with van der Waals surface area (Å²) >= 11 is 0. The number of fused-ring (bicyclic) bond motifs is 1. The van der Waals surface area contributed by atoms with Crippen molar-refractivity contribution in [3.05, 3.63) is 39.9 Å². The van der Waals surface area contributed by atoms with Gasteiger partial charge in [0.2, 0.25) is 0 Å². The van der Waals surface area contributed by atoms with Crippen molar-refractivity contribution in [3.8, 4) is 0 Å². The molecule has 0 unspecified atom stereocenters. The van der Waals surface area contributed by atoms with Crippen molar-refractivity contribution < 1.29 is 4.92 Å². The summed E-state index contributed by atoms with van der Waals surface area (Å²) in [5.41, 5.74) is 1.54. The molecule has 4 heteroatoms. The Morgan fingerprint density at radius 3 is 2.30 bits per heavy atom. The Morgan fingerprint density at radius 2 is 1.70 bits per heavy atom. The normalized spacial score (nSPS) is 35.6. The molecule has 0 saturated heterocycles. The van der Waals surface area contributed by atoms with Gasteiger partial charge in [-0.2, -0.15) is 0 Å². The van der Waals surface area contributed by atoms with Crippen LogP contribution in [0.3, 0.4) is 0 Å². The van der Waals surface area contributed by atoms with Crippen molar-refractivity contribution in [2.45, 2.75) is 44.9 Å². The summed E-state index contributed by atoms with van der Waals surface area (Å²) in [7, 11) is 0. The van der Waals surface area contributed by atoms with E-state index in [1.54, 1.807) is 24.3 Å². The van der Waals surface area contributed by atoms with Crippen LogP contribution in [0.1, 0.15) is 50.5 Å². The molecule has 4 bridgehead atoms. The highest BCUT2D eigenvalue weighted by Crippen LogP contribution is 2.57. The van der Waals surface area contributed by atoms with Crippen molar-refractivity contribution in [2.24, 2.45) is 28.2 Å². The quantitative estimate of drug-likeness (QED) is 0.463. The van der Waals surface area contributed by atoms with E-state index < -0.39 is 0 Å². The molecule has 122 valence electrons. The van der Waals surface area contributed by atoms with E-state index in [0.717, 1.165) is 29.9 Å². The molecule has 0 spiro atoms. The van der Waals surface area contributed by atoms with Gasteiger partial charge in [0.05, 0.1) is 4.92 Å². The summed E-state index contributed by atoms with van der Waals surface area (Å²) in [6.07, 6.45) is 11.8. The van der Waals surface area contributed by atoms with Crippen LogP contribution in [0.25, 0.3) is 0 Å². The molecule has 4 aliphatic carbocycles. The van der Waals surface area contributed by atoms with Gasteiger partial charge in [-0.25, -0.2) is 0 Å². The van der Waals surface area contributed by atoms with E-state index in [1.165, 1.54) is 44.9 Å². The standard InChI is InChI=1S/C19H24N2O2/c22-21(23)18-5-3-14(4-6-18)12-20-13-19-9-15-1-2-16(10-19)8-17(7-15)11-19/h3-6,12,15-17H,1-2,7-11,13H2/t15-,16-,17?,19?/m0/s1. The molecule has 0 aliphatic heterocycles. The molecule has 23 heavy (non-hydrogen) atoms. The Balaban J connectivity index is 1.45. The largest absolute Gasteiger partial charge is 0.292 e. The second-order valence-corrected chi connectivity index (χ2v) is 8.08. The predicted octanol–water partition coefficient (Wildman–Crippen LogP) is 4.62. The Hall–Kier alpha value is -1.71. The average molecular weight is 312 g/mol. The zero-order valence-electron chi connectivity index (χ0n) is 13.5. The summed E-state index contributed by atoms with van der Waals surface area (Å²) < 4.78 is 0. The number of non-ortho nitro benzene ring substituents is 1. The van der Waals surface area contributed by atoms with Gasteiger partial charge >= 0.3 is 0 Å². The fraction of sp³-hybridized carbons (Fsp3) is 0.632. The summed E-state index contributed by atoms with van der Waals surface area (Å²) in [5, 5.41) is 10.7. The molecule has 0 amide bonds. The fourth-order valence-corrected chi connectivity index (χ4v) is 5.59. The van der Waals surface area contributed by atoms with Gasteiger partial charge in [0, 0.05) is 24.9 Å². The number of hydrogen-bond donors (Lipinski definition) is 0. The minimum absolute atomic E-state index is 0.139. The minimum Gasteiger partial charge on any atom is -0.292 e. The maximum atomic E-state index is 10.7. The van der Waals surface area contributed by atoms with Gasteiger partial charge in [-0.3, -0.25) is 15.1 Å². The molecule has 4 fully saturated rings. The van der Waals surface area contributed by atoms with Crippen LogP contribution < -0.4 is 0 Å². The molecular formula is C19H24N2O2. The smallest absolute Gasteiger partial charge is 0.269 e. The lowest BCUT2D eigenvalue weighted by atomic mass is 9.58. The summed E-state index contributed by atoms with van der Waals surface area (Å²) in [6.45, 7) is 0.938. The molecule has 1 aromatic carbocycles.